The number of nitrogens with one attached hydrogen (secondary N) is 2. The third kappa shape index (κ3) is 3.11. The van der Waals surface area contributed by atoms with Crippen LogP contribution in [0.2, 0.25) is 5.02 Å². The average molecular weight is 257 g/mol. The summed E-state index contributed by atoms with van der Waals surface area (Å²) in [6, 6.07) is 3.61. The van der Waals surface area contributed by atoms with Gasteiger partial charge in [0.05, 0.1) is 18.1 Å². The summed E-state index contributed by atoms with van der Waals surface area (Å²) >= 11 is 6.05. The summed E-state index contributed by atoms with van der Waals surface area (Å²) < 4.78 is 5.12. The van der Waals surface area contributed by atoms with Crippen molar-refractivity contribution < 1.29 is 9.53 Å². The summed E-state index contributed by atoms with van der Waals surface area (Å²) in [6.07, 6.45) is 0. The minimum Gasteiger partial charge on any atom is -0.495 e. The number of carbonyl (C=O) groups excluding carboxylic acids is 1. The number of hydrazine groups is 1. The Hall–Kier alpha value is -1.26. The highest BCUT2D eigenvalue weighted by Gasteiger charge is 2.18. The van der Waals surface area contributed by atoms with Crippen LogP contribution in [-0.2, 0) is 4.79 Å². The van der Waals surface area contributed by atoms with Crippen LogP contribution in [0.5, 0.6) is 5.75 Å². The Morgan fingerprint density at radius 3 is 2.65 bits per heavy atom. The molecule has 1 amide bonds. The van der Waals surface area contributed by atoms with Gasteiger partial charge in [-0.2, -0.15) is 0 Å². The Bertz CT molecular complexity index is 421. The van der Waals surface area contributed by atoms with E-state index in [-0.39, 0.29) is 11.8 Å². The highest BCUT2D eigenvalue weighted by atomic mass is 35.5. The number of aryl methyl sites for hydroxylation is 1. The van der Waals surface area contributed by atoms with E-state index < -0.39 is 0 Å². The molecule has 0 radical (unpaired) electrons. The first kappa shape index (κ1) is 13.8. The number of rotatable bonds is 4. The summed E-state index contributed by atoms with van der Waals surface area (Å²) in [6.45, 7) is 3.76. The molecule has 1 aromatic rings. The van der Waals surface area contributed by atoms with E-state index in [9.17, 15) is 4.79 Å². The van der Waals surface area contributed by atoms with Gasteiger partial charge in [-0.15, -0.1) is 0 Å². The molecule has 0 aromatic heterocycles. The van der Waals surface area contributed by atoms with Crippen molar-refractivity contribution in [3.63, 3.8) is 0 Å². The van der Waals surface area contributed by atoms with E-state index in [1.54, 1.807) is 20.2 Å². The molecular formula is C12H17ClN2O2. The summed E-state index contributed by atoms with van der Waals surface area (Å²) in [5, 5.41) is 0.511. The zero-order valence-electron chi connectivity index (χ0n) is 10.4. The van der Waals surface area contributed by atoms with E-state index in [2.05, 4.69) is 10.9 Å². The maximum Gasteiger partial charge on any atom is 0.241 e. The predicted molar refractivity (Wildman–Crippen MR) is 68.4 cm³/mol. The lowest BCUT2D eigenvalue weighted by Crippen LogP contribution is -2.37. The van der Waals surface area contributed by atoms with Crippen molar-refractivity contribution in [3.05, 3.63) is 28.3 Å². The lowest BCUT2D eigenvalue weighted by molar-refractivity contribution is -0.123. The van der Waals surface area contributed by atoms with Gasteiger partial charge in [-0.25, -0.2) is 5.43 Å². The van der Waals surface area contributed by atoms with Gasteiger partial charge in [0, 0.05) is 7.05 Å². The number of hydrogen-bond donors (Lipinski definition) is 2. The molecule has 1 aromatic carbocycles. The van der Waals surface area contributed by atoms with Crippen molar-refractivity contribution in [2.45, 2.75) is 19.8 Å². The van der Waals surface area contributed by atoms with Gasteiger partial charge < -0.3 is 4.74 Å². The number of hydrogen-bond acceptors (Lipinski definition) is 3. The van der Waals surface area contributed by atoms with Gasteiger partial charge in [0.25, 0.3) is 0 Å². The highest BCUT2D eigenvalue weighted by molar-refractivity contribution is 6.32. The maximum absolute atomic E-state index is 11.7. The molecule has 0 spiro atoms. The number of methoxy groups -OCH3 is 1. The second kappa shape index (κ2) is 5.89. The van der Waals surface area contributed by atoms with Gasteiger partial charge in [0.2, 0.25) is 5.91 Å². The number of amides is 1. The fourth-order valence-corrected chi connectivity index (χ4v) is 1.92. The normalized spacial score (nSPS) is 12.1. The first-order valence-electron chi connectivity index (χ1n) is 5.31. The third-order valence-corrected chi connectivity index (χ3v) is 2.94. The van der Waals surface area contributed by atoms with Crippen LogP contribution in [0.3, 0.4) is 0 Å². The smallest absolute Gasteiger partial charge is 0.241 e. The van der Waals surface area contributed by atoms with Crippen LogP contribution in [0.4, 0.5) is 0 Å². The Morgan fingerprint density at radius 2 is 2.12 bits per heavy atom. The van der Waals surface area contributed by atoms with Gasteiger partial charge in [-0.3, -0.25) is 10.2 Å². The molecule has 5 heteroatoms. The lowest BCUT2D eigenvalue weighted by atomic mass is 9.95. The van der Waals surface area contributed by atoms with Crippen molar-refractivity contribution in [3.8, 4) is 5.75 Å². The SMILES string of the molecule is CNNC(=O)C(C)c1cc(Cl)c(OC)cc1C. The first-order valence-corrected chi connectivity index (χ1v) is 5.69. The largest absolute Gasteiger partial charge is 0.495 e. The molecule has 17 heavy (non-hydrogen) atoms. The highest BCUT2D eigenvalue weighted by Crippen LogP contribution is 2.31. The molecule has 0 aliphatic rings. The van der Waals surface area contributed by atoms with Crippen LogP contribution in [0, 0.1) is 6.92 Å². The molecule has 1 rings (SSSR count). The number of carbonyl (C=O) groups is 1. The van der Waals surface area contributed by atoms with Gasteiger partial charge in [0.1, 0.15) is 5.75 Å². The maximum atomic E-state index is 11.7. The third-order valence-electron chi connectivity index (χ3n) is 2.65. The molecular weight excluding hydrogens is 240 g/mol. The van der Waals surface area contributed by atoms with Crippen LogP contribution >= 0.6 is 11.6 Å². The van der Waals surface area contributed by atoms with Gasteiger partial charge >= 0.3 is 0 Å². The Kier molecular flexibility index (Phi) is 4.78. The summed E-state index contributed by atoms with van der Waals surface area (Å²) in [5.41, 5.74) is 7.04. The number of ether oxygens (including phenoxy) is 1. The van der Waals surface area contributed by atoms with E-state index in [0.29, 0.717) is 10.8 Å². The predicted octanol–water partition coefficient (Wildman–Crippen LogP) is 2.01. The zero-order valence-corrected chi connectivity index (χ0v) is 11.2. The van der Waals surface area contributed by atoms with Gasteiger partial charge in [-0.05, 0) is 37.1 Å². The topological polar surface area (TPSA) is 50.4 Å². The van der Waals surface area contributed by atoms with Crippen LogP contribution in [0.15, 0.2) is 12.1 Å². The molecule has 4 nitrogen and oxygen atoms in total. The summed E-state index contributed by atoms with van der Waals surface area (Å²) in [7, 11) is 3.22. The van der Waals surface area contributed by atoms with Crippen molar-refractivity contribution in [2.75, 3.05) is 14.2 Å². The number of halogens is 1. The van der Waals surface area contributed by atoms with Crippen LogP contribution < -0.4 is 15.6 Å². The zero-order chi connectivity index (χ0) is 13.0. The fourth-order valence-electron chi connectivity index (χ4n) is 1.67. The lowest BCUT2D eigenvalue weighted by Gasteiger charge is -2.16. The average Bonchev–Trinajstić information content (AvgIpc) is 2.31. The Balaban J connectivity index is 3.06. The molecule has 0 heterocycles. The Labute approximate surface area is 106 Å². The Morgan fingerprint density at radius 1 is 1.47 bits per heavy atom. The second-order valence-electron chi connectivity index (χ2n) is 3.80. The van der Waals surface area contributed by atoms with Crippen molar-refractivity contribution >= 4 is 17.5 Å². The fraction of sp³-hybridized carbons (Fsp3) is 0.417. The minimum absolute atomic E-state index is 0.100. The number of benzene rings is 1. The van der Waals surface area contributed by atoms with E-state index in [1.165, 1.54) is 0 Å². The van der Waals surface area contributed by atoms with Crippen molar-refractivity contribution in [1.82, 2.24) is 10.9 Å². The summed E-state index contributed by atoms with van der Waals surface area (Å²) in [4.78, 5) is 11.7. The molecule has 0 fully saturated rings. The van der Waals surface area contributed by atoms with E-state index >= 15 is 0 Å². The second-order valence-corrected chi connectivity index (χ2v) is 4.21. The molecule has 1 atom stereocenters. The van der Waals surface area contributed by atoms with E-state index in [4.69, 9.17) is 16.3 Å². The van der Waals surface area contributed by atoms with Crippen molar-refractivity contribution in [1.29, 1.82) is 0 Å². The molecule has 0 saturated heterocycles. The molecule has 94 valence electrons. The van der Waals surface area contributed by atoms with Crippen molar-refractivity contribution in [2.24, 2.45) is 0 Å². The molecule has 1 unspecified atom stereocenters. The monoisotopic (exact) mass is 256 g/mol. The van der Waals surface area contributed by atoms with Crippen LogP contribution in [0.25, 0.3) is 0 Å². The van der Waals surface area contributed by atoms with E-state index in [0.717, 1.165) is 11.1 Å². The van der Waals surface area contributed by atoms with Crippen LogP contribution in [0.1, 0.15) is 24.0 Å². The minimum atomic E-state index is -0.272. The summed E-state index contributed by atoms with van der Waals surface area (Å²) in [5.74, 6) is 0.247. The molecule has 0 aliphatic carbocycles. The first-order chi connectivity index (χ1) is 8.01. The van der Waals surface area contributed by atoms with E-state index in [1.807, 2.05) is 19.9 Å². The molecule has 0 saturated carbocycles. The van der Waals surface area contributed by atoms with Crippen LogP contribution in [-0.4, -0.2) is 20.1 Å². The molecule has 0 bridgehead atoms. The van der Waals surface area contributed by atoms with Gasteiger partial charge in [-0.1, -0.05) is 11.6 Å². The quantitative estimate of drug-likeness (QED) is 0.811. The molecule has 0 aliphatic heterocycles. The standard InChI is InChI=1S/C12H17ClN2O2/c1-7-5-11(17-4)10(13)6-9(7)8(2)12(16)15-14-3/h5-6,8,14H,1-4H3,(H,15,16). The van der Waals surface area contributed by atoms with Gasteiger partial charge in [0.15, 0.2) is 0 Å². The molecule has 2 N–H and O–H groups in total.